The molecular formula is C46H74N2Ni. The molecule has 0 unspecified atom stereocenters. The summed E-state index contributed by atoms with van der Waals surface area (Å²) in [5.41, 5.74) is 4.08. The fraction of sp³-hybridized carbons (Fsp3) is 0.652. The van der Waals surface area contributed by atoms with Gasteiger partial charge >= 0.3 is 0 Å². The molecule has 0 fully saturated rings. The fourth-order valence-corrected chi connectivity index (χ4v) is 6.50. The number of benzene rings is 2. The molecule has 0 radical (unpaired) electrons. The van der Waals surface area contributed by atoms with Crippen LogP contribution >= 0.6 is 0 Å². The van der Waals surface area contributed by atoms with Crippen molar-refractivity contribution in [3.8, 4) is 0 Å². The summed E-state index contributed by atoms with van der Waals surface area (Å²) in [5, 5.41) is 0. The molecule has 0 N–H and O–H groups in total. The zero-order valence-electron chi connectivity index (χ0n) is 31.9. The molecule has 2 rings (SSSR count). The molecule has 2 aromatic carbocycles. The Morgan fingerprint density at radius 3 is 1.16 bits per heavy atom. The molecule has 278 valence electrons. The average Bonchev–Trinajstić information content (AvgIpc) is 3.12. The Morgan fingerprint density at radius 2 is 0.776 bits per heavy atom. The summed E-state index contributed by atoms with van der Waals surface area (Å²) in [6.07, 6.45) is 43.3. The van der Waals surface area contributed by atoms with E-state index in [1.165, 1.54) is 154 Å². The van der Waals surface area contributed by atoms with Gasteiger partial charge in [-0.2, -0.15) is 0 Å². The monoisotopic (exact) mass is 713 g/mol. The van der Waals surface area contributed by atoms with Crippen molar-refractivity contribution in [1.29, 1.82) is 0 Å². The first-order valence-electron chi connectivity index (χ1n) is 20.8. The number of nitrogens with zero attached hydrogens (tertiary/aromatic N) is 2. The van der Waals surface area contributed by atoms with E-state index in [1.54, 1.807) is 0 Å². The van der Waals surface area contributed by atoms with Gasteiger partial charge < -0.3 is 0 Å². The molecule has 0 aliphatic carbocycles. The minimum absolute atomic E-state index is 0. The van der Waals surface area contributed by atoms with E-state index in [0.29, 0.717) is 0 Å². The smallest absolute Gasteiger partial charge is 0.0848 e. The zero-order chi connectivity index (χ0) is 34.0. The third-order valence-electron chi connectivity index (χ3n) is 9.59. The van der Waals surface area contributed by atoms with E-state index in [4.69, 9.17) is 9.98 Å². The van der Waals surface area contributed by atoms with Crippen LogP contribution in [-0.4, -0.2) is 11.4 Å². The summed E-state index contributed by atoms with van der Waals surface area (Å²) in [7, 11) is 0. The summed E-state index contributed by atoms with van der Waals surface area (Å²) < 4.78 is 0. The molecule has 0 aliphatic rings. The predicted molar refractivity (Wildman–Crippen MR) is 217 cm³/mol. The molecule has 2 aromatic rings. The van der Waals surface area contributed by atoms with Crippen molar-refractivity contribution < 1.29 is 16.5 Å². The Labute approximate surface area is 314 Å². The maximum atomic E-state index is 5.04. The molecule has 3 heteroatoms. The first-order valence-corrected chi connectivity index (χ1v) is 20.8. The van der Waals surface area contributed by atoms with Gasteiger partial charge in [0.25, 0.3) is 0 Å². The number of aliphatic imine (C=N–C) groups is 2. The van der Waals surface area contributed by atoms with Gasteiger partial charge in [-0.3, -0.25) is 4.99 Å². The van der Waals surface area contributed by atoms with Crippen LogP contribution in [0.1, 0.15) is 194 Å². The van der Waals surface area contributed by atoms with Gasteiger partial charge in [0.05, 0.1) is 22.8 Å². The van der Waals surface area contributed by atoms with Crippen LogP contribution in [0, 0.1) is 0 Å². The maximum absolute atomic E-state index is 5.04. The fourth-order valence-electron chi connectivity index (χ4n) is 6.50. The number of unbranched alkanes of at least 4 members (excludes halogenated alkanes) is 25. The van der Waals surface area contributed by atoms with Crippen LogP contribution in [-0.2, 0) is 16.5 Å². The number of rotatable bonds is 32. The van der Waals surface area contributed by atoms with Gasteiger partial charge in [0.2, 0.25) is 0 Å². The van der Waals surface area contributed by atoms with Crippen molar-refractivity contribution in [3.05, 3.63) is 72.8 Å². The normalized spacial score (nSPS) is 12.1. The molecule has 0 heterocycles. The largest absolute Gasteiger partial charge is 0.251 e. The van der Waals surface area contributed by atoms with Gasteiger partial charge in [-0.15, -0.1) is 0 Å². The van der Waals surface area contributed by atoms with E-state index in [-0.39, 0.29) is 16.5 Å². The van der Waals surface area contributed by atoms with Crippen LogP contribution in [0.5, 0.6) is 0 Å². The van der Waals surface area contributed by atoms with Crippen LogP contribution in [0.3, 0.4) is 0 Å². The molecule has 0 aromatic heterocycles. The van der Waals surface area contributed by atoms with Gasteiger partial charge in [0.15, 0.2) is 0 Å². The third kappa shape index (κ3) is 26.5. The second-order valence-electron chi connectivity index (χ2n) is 14.2. The van der Waals surface area contributed by atoms with E-state index in [2.05, 4.69) is 74.5 Å². The van der Waals surface area contributed by atoms with E-state index in [1.807, 2.05) is 12.1 Å². The minimum atomic E-state index is 0. The Kier molecular flexibility index (Phi) is 31.7. The van der Waals surface area contributed by atoms with Gasteiger partial charge in [0.1, 0.15) is 0 Å². The van der Waals surface area contributed by atoms with E-state index in [0.717, 1.165) is 48.5 Å². The SMILES string of the molecule is CCCCCCCCCCCCCCCCCCCCCCCCCC/C=C/C(=Nc1ccccc1)C(CCCC)=Nc1ccccc1.[Ni]. The second-order valence-corrected chi connectivity index (χ2v) is 14.2. The second kappa shape index (κ2) is 34.5. The Hall–Kier alpha value is -1.99. The molecule has 0 aliphatic heterocycles. The standard InChI is InChI=1S/C46H74N2.Ni/c1-3-5-7-8-9-10-11-12-13-14-15-16-17-18-19-20-21-22-23-24-25-26-27-28-29-36-42-46(48-44-39-34-31-35-40-44)45(41-6-4-2)47-43-37-32-30-33-38-43;/h30-40,42H,3-29,41H2,1-2H3;/b42-36+,47-45?,48-46?;. The molecular weight excluding hydrogens is 639 g/mol. The van der Waals surface area contributed by atoms with Crippen LogP contribution in [0.15, 0.2) is 82.8 Å². The first kappa shape index (κ1) is 45.0. The summed E-state index contributed by atoms with van der Waals surface area (Å²) in [6, 6.07) is 20.6. The van der Waals surface area contributed by atoms with Crippen molar-refractivity contribution in [3.63, 3.8) is 0 Å². The van der Waals surface area contributed by atoms with Crippen molar-refractivity contribution in [2.75, 3.05) is 0 Å². The van der Waals surface area contributed by atoms with Gasteiger partial charge in [-0.25, -0.2) is 4.99 Å². The van der Waals surface area contributed by atoms with Gasteiger partial charge in [0, 0.05) is 16.5 Å². The number of hydrogen-bond acceptors (Lipinski definition) is 2. The Balaban J connectivity index is 0.0000120. The Bertz CT molecular complexity index is 1060. The topological polar surface area (TPSA) is 24.7 Å². The van der Waals surface area contributed by atoms with Crippen molar-refractivity contribution in [2.24, 2.45) is 9.98 Å². The van der Waals surface area contributed by atoms with Gasteiger partial charge in [-0.05, 0) is 56.0 Å². The number of para-hydroxylation sites is 2. The minimum Gasteiger partial charge on any atom is -0.251 e. The quantitative estimate of drug-likeness (QED) is 0.0410. The molecule has 0 bridgehead atoms. The van der Waals surface area contributed by atoms with Crippen LogP contribution in [0.25, 0.3) is 0 Å². The average molecular weight is 714 g/mol. The third-order valence-corrected chi connectivity index (χ3v) is 9.59. The van der Waals surface area contributed by atoms with E-state index < -0.39 is 0 Å². The first-order chi connectivity index (χ1) is 23.8. The van der Waals surface area contributed by atoms with Crippen molar-refractivity contribution in [2.45, 2.75) is 194 Å². The summed E-state index contributed by atoms with van der Waals surface area (Å²) in [6.45, 7) is 4.55. The van der Waals surface area contributed by atoms with E-state index in [9.17, 15) is 0 Å². The molecule has 0 saturated heterocycles. The molecule has 2 nitrogen and oxygen atoms in total. The molecule has 0 atom stereocenters. The molecule has 0 spiro atoms. The molecule has 49 heavy (non-hydrogen) atoms. The van der Waals surface area contributed by atoms with Crippen LogP contribution in [0.2, 0.25) is 0 Å². The van der Waals surface area contributed by atoms with Crippen LogP contribution < -0.4 is 0 Å². The predicted octanol–water partition coefficient (Wildman–Crippen LogP) is 16.0. The summed E-state index contributed by atoms with van der Waals surface area (Å²) >= 11 is 0. The maximum Gasteiger partial charge on any atom is 0.0848 e. The van der Waals surface area contributed by atoms with Gasteiger partial charge in [-0.1, -0.05) is 210 Å². The van der Waals surface area contributed by atoms with E-state index >= 15 is 0 Å². The molecule has 0 amide bonds. The Morgan fingerprint density at radius 1 is 0.429 bits per heavy atom. The number of hydrogen-bond donors (Lipinski definition) is 0. The van der Waals surface area contributed by atoms with Crippen molar-refractivity contribution >= 4 is 22.8 Å². The van der Waals surface area contributed by atoms with Crippen molar-refractivity contribution in [1.82, 2.24) is 0 Å². The summed E-state index contributed by atoms with van der Waals surface area (Å²) in [5.74, 6) is 0. The molecule has 0 saturated carbocycles. The van der Waals surface area contributed by atoms with Crippen LogP contribution in [0.4, 0.5) is 11.4 Å². The number of allylic oxidation sites excluding steroid dienone is 2. The zero-order valence-corrected chi connectivity index (χ0v) is 32.9. The summed E-state index contributed by atoms with van der Waals surface area (Å²) in [4.78, 5) is 10.1.